The second kappa shape index (κ2) is 9.26. The fourth-order valence-corrected chi connectivity index (χ4v) is 4.13. The van der Waals surface area contributed by atoms with Gasteiger partial charge in [-0.05, 0) is 25.2 Å². The second-order valence-electron chi connectivity index (χ2n) is 8.02. The fraction of sp³-hybridized carbons (Fsp3) is 0.850. The summed E-state index contributed by atoms with van der Waals surface area (Å²) in [5, 5.41) is 10.5. The summed E-state index contributed by atoms with van der Waals surface area (Å²) in [4.78, 5) is 10.5. The van der Waals surface area contributed by atoms with Crippen LogP contribution in [-0.2, 0) is 19.0 Å². The van der Waals surface area contributed by atoms with Crippen LogP contribution in [-0.4, -0.2) is 50.2 Å². The summed E-state index contributed by atoms with van der Waals surface area (Å²) in [5.41, 5.74) is -0.318. The zero-order chi connectivity index (χ0) is 18.3. The van der Waals surface area contributed by atoms with Crippen LogP contribution in [0.1, 0.15) is 52.4 Å². The molecule has 0 aromatic rings. The Bertz CT molecular complexity index is 439. The number of unbranched alkanes of at least 4 members (excludes halogenated alkanes) is 2. The quantitative estimate of drug-likeness (QED) is 0.371. The molecule has 1 spiro atoms. The number of hydrogen-bond acceptors (Lipinski definition) is 5. The Morgan fingerprint density at radius 3 is 2.68 bits per heavy atom. The van der Waals surface area contributed by atoms with Gasteiger partial charge in [-0.25, -0.2) is 0 Å². The number of methoxy groups -OCH3 is 1. The first-order valence-electron chi connectivity index (χ1n) is 9.52. The first-order valence-corrected chi connectivity index (χ1v) is 9.52. The van der Waals surface area contributed by atoms with Gasteiger partial charge in [0.1, 0.15) is 6.29 Å². The molecule has 1 saturated carbocycles. The molecule has 1 saturated heterocycles. The van der Waals surface area contributed by atoms with E-state index in [2.05, 4.69) is 6.08 Å². The molecule has 5 nitrogen and oxygen atoms in total. The van der Waals surface area contributed by atoms with Crippen molar-refractivity contribution in [1.82, 2.24) is 0 Å². The van der Waals surface area contributed by atoms with Crippen LogP contribution in [0.15, 0.2) is 12.2 Å². The van der Waals surface area contributed by atoms with Crippen molar-refractivity contribution in [1.29, 1.82) is 0 Å². The molecule has 2 fully saturated rings. The van der Waals surface area contributed by atoms with E-state index in [4.69, 9.17) is 14.2 Å². The fourth-order valence-electron chi connectivity index (χ4n) is 4.13. The maximum atomic E-state index is 10.5. The Kier molecular flexibility index (Phi) is 7.62. The lowest BCUT2D eigenvalue weighted by Gasteiger charge is -2.32. The number of carbonyl (C=O) groups excluding carboxylic acids is 1. The highest BCUT2D eigenvalue weighted by atomic mass is 16.7. The molecule has 1 aliphatic carbocycles. The third-order valence-corrected chi connectivity index (χ3v) is 5.63. The molecule has 25 heavy (non-hydrogen) atoms. The van der Waals surface area contributed by atoms with Crippen molar-refractivity contribution < 1.29 is 24.1 Å². The summed E-state index contributed by atoms with van der Waals surface area (Å²) < 4.78 is 17.2. The minimum Gasteiger partial charge on any atom is -0.388 e. The Balaban J connectivity index is 2.01. The summed E-state index contributed by atoms with van der Waals surface area (Å²) in [6, 6.07) is 0. The van der Waals surface area contributed by atoms with E-state index in [0.717, 1.165) is 38.4 Å². The van der Waals surface area contributed by atoms with E-state index in [1.807, 2.05) is 19.9 Å². The van der Waals surface area contributed by atoms with E-state index in [9.17, 15) is 9.90 Å². The van der Waals surface area contributed by atoms with Crippen LogP contribution in [0.3, 0.4) is 0 Å². The highest BCUT2D eigenvalue weighted by molar-refractivity contribution is 5.48. The van der Waals surface area contributed by atoms with Gasteiger partial charge >= 0.3 is 0 Å². The van der Waals surface area contributed by atoms with Crippen molar-refractivity contribution in [2.24, 2.45) is 17.3 Å². The van der Waals surface area contributed by atoms with Gasteiger partial charge in [-0.1, -0.05) is 32.4 Å². The van der Waals surface area contributed by atoms with Gasteiger partial charge in [-0.15, -0.1) is 0 Å². The van der Waals surface area contributed by atoms with Crippen LogP contribution < -0.4 is 0 Å². The van der Waals surface area contributed by atoms with E-state index >= 15 is 0 Å². The monoisotopic (exact) mass is 354 g/mol. The summed E-state index contributed by atoms with van der Waals surface area (Å²) in [7, 11) is 1.66. The molecule has 2 rings (SSSR count). The first-order chi connectivity index (χ1) is 11.9. The predicted octanol–water partition coefficient (Wildman–Crippen LogP) is 3.10. The summed E-state index contributed by atoms with van der Waals surface area (Å²) in [5.74, 6) is 0.168. The van der Waals surface area contributed by atoms with Crippen LogP contribution in [0.4, 0.5) is 0 Å². The average molecular weight is 354 g/mol. The van der Waals surface area contributed by atoms with Crippen LogP contribution in [0, 0.1) is 17.3 Å². The minimum atomic E-state index is -0.551. The maximum absolute atomic E-state index is 10.5. The van der Waals surface area contributed by atoms with Gasteiger partial charge in [0.25, 0.3) is 0 Å². The lowest BCUT2D eigenvalue weighted by atomic mass is 9.84. The highest BCUT2D eigenvalue weighted by Crippen LogP contribution is 2.48. The van der Waals surface area contributed by atoms with Crippen molar-refractivity contribution in [3.8, 4) is 0 Å². The third kappa shape index (κ3) is 5.13. The highest BCUT2D eigenvalue weighted by Gasteiger charge is 2.51. The molecule has 2 aliphatic rings. The molecule has 1 aliphatic heterocycles. The number of carbonyl (C=O) groups is 1. The molecule has 0 amide bonds. The third-order valence-electron chi connectivity index (χ3n) is 5.63. The maximum Gasteiger partial charge on any atom is 0.171 e. The molecule has 3 atom stereocenters. The summed E-state index contributed by atoms with van der Waals surface area (Å²) in [6.45, 7) is 5.83. The molecule has 144 valence electrons. The molecule has 1 N–H and O–H groups in total. The molecule has 0 aromatic carbocycles. The SMILES string of the molecule is COCC(C)(C)C(O)C=C[C@@H]1CCC2(OCCO2)C1CCCCC=O. The lowest BCUT2D eigenvalue weighted by molar-refractivity contribution is -0.186. The normalized spacial score (nSPS) is 27.4. The molecule has 1 heterocycles. The number of ether oxygens (including phenoxy) is 3. The van der Waals surface area contributed by atoms with Crippen molar-refractivity contribution in [2.75, 3.05) is 26.9 Å². The van der Waals surface area contributed by atoms with Gasteiger partial charge < -0.3 is 24.1 Å². The lowest BCUT2D eigenvalue weighted by Crippen LogP contribution is -2.36. The Morgan fingerprint density at radius 1 is 1.32 bits per heavy atom. The van der Waals surface area contributed by atoms with E-state index in [1.54, 1.807) is 7.11 Å². The standard InChI is InChI=1S/C20H34O5/c1-19(2,15-23-3)18(22)9-8-16-10-11-20(24-13-14-25-20)17(16)7-5-4-6-12-21/h8-9,12,16-18,22H,4-7,10-11,13-15H2,1-3H3/t16-,17?,18?/m1/s1. The summed E-state index contributed by atoms with van der Waals surface area (Å²) >= 11 is 0. The van der Waals surface area contributed by atoms with Crippen LogP contribution in [0.2, 0.25) is 0 Å². The largest absolute Gasteiger partial charge is 0.388 e. The molecular weight excluding hydrogens is 320 g/mol. The zero-order valence-corrected chi connectivity index (χ0v) is 15.9. The molecule has 0 aromatic heterocycles. The van der Waals surface area contributed by atoms with Crippen LogP contribution in [0.25, 0.3) is 0 Å². The molecule has 0 radical (unpaired) electrons. The van der Waals surface area contributed by atoms with Crippen molar-refractivity contribution >= 4 is 6.29 Å². The van der Waals surface area contributed by atoms with Gasteiger partial charge in [0.15, 0.2) is 5.79 Å². The minimum absolute atomic E-state index is 0.288. The number of allylic oxidation sites excluding steroid dienone is 1. The topological polar surface area (TPSA) is 65.0 Å². The number of rotatable bonds is 10. The van der Waals surface area contributed by atoms with Crippen LogP contribution >= 0.6 is 0 Å². The van der Waals surface area contributed by atoms with E-state index in [1.165, 1.54) is 0 Å². The zero-order valence-electron chi connectivity index (χ0n) is 15.9. The van der Waals surface area contributed by atoms with Gasteiger partial charge in [-0.2, -0.15) is 0 Å². The number of hydrogen-bond donors (Lipinski definition) is 1. The van der Waals surface area contributed by atoms with E-state index < -0.39 is 11.9 Å². The number of aliphatic hydroxyl groups is 1. The van der Waals surface area contributed by atoms with Gasteiger partial charge in [0.05, 0.1) is 25.9 Å². The molecule has 5 heteroatoms. The van der Waals surface area contributed by atoms with Crippen LogP contribution in [0.5, 0.6) is 0 Å². The Hall–Kier alpha value is -0.750. The Morgan fingerprint density at radius 2 is 2.04 bits per heavy atom. The molecule has 2 unspecified atom stereocenters. The molecule has 0 bridgehead atoms. The molecular formula is C20H34O5. The average Bonchev–Trinajstić information content (AvgIpc) is 3.18. The van der Waals surface area contributed by atoms with E-state index in [0.29, 0.717) is 32.2 Å². The smallest absolute Gasteiger partial charge is 0.171 e. The number of aliphatic hydroxyl groups excluding tert-OH is 1. The Labute approximate surface area is 151 Å². The van der Waals surface area contributed by atoms with Gasteiger partial charge in [-0.3, -0.25) is 0 Å². The summed E-state index contributed by atoms with van der Waals surface area (Å²) in [6.07, 6.45) is 9.91. The van der Waals surface area contributed by atoms with Gasteiger partial charge in [0.2, 0.25) is 0 Å². The van der Waals surface area contributed by atoms with Crippen molar-refractivity contribution in [3.63, 3.8) is 0 Å². The van der Waals surface area contributed by atoms with E-state index in [-0.39, 0.29) is 11.3 Å². The van der Waals surface area contributed by atoms with Crippen molar-refractivity contribution in [3.05, 3.63) is 12.2 Å². The second-order valence-corrected chi connectivity index (χ2v) is 8.02. The first kappa shape index (κ1) is 20.6. The number of aldehydes is 1. The predicted molar refractivity (Wildman–Crippen MR) is 96.2 cm³/mol. The van der Waals surface area contributed by atoms with Crippen molar-refractivity contribution in [2.45, 2.75) is 64.3 Å². The van der Waals surface area contributed by atoms with Gasteiger partial charge in [0, 0.05) is 31.3 Å².